The zero-order valence-corrected chi connectivity index (χ0v) is 16.7. The van der Waals surface area contributed by atoms with Crippen molar-refractivity contribution in [3.8, 4) is 17.6 Å². The summed E-state index contributed by atoms with van der Waals surface area (Å²) < 4.78 is 33.5. The molecule has 0 aliphatic heterocycles. The topological polar surface area (TPSA) is 137 Å². The molecule has 2 aromatic carbocycles. The first-order chi connectivity index (χ1) is 14.5. The molecule has 0 radical (unpaired) electrons. The highest BCUT2D eigenvalue weighted by molar-refractivity contribution is 6.30. The van der Waals surface area contributed by atoms with E-state index in [1.165, 1.54) is 12.1 Å². The Morgan fingerprint density at radius 2 is 2.03 bits per heavy atom. The minimum absolute atomic E-state index is 0.00212. The van der Waals surface area contributed by atoms with E-state index in [4.69, 9.17) is 16.3 Å². The van der Waals surface area contributed by atoms with Crippen LogP contribution >= 0.6 is 11.6 Å². The molecule has 31 heavy (non-hydrogen) atoms. The van der Waals surface area contributed by atoms with Crippen LogP contribution in [0.5, 0.6) is 11.5 Å². The Hall–Kier alpha value is -3.91. The Morgan fingerprint density at radius 3 is 2.58 bits per heavy atom. The maximum absolute atomic E-state index is 14.8. The van der Waals surface area contributed by atoms with Crippen LogP contribution in [0.3, 0.4) is 0 Å². The van der Waals surface area contributed by atoms with Gasteiger partial charge in [0.15, 0.2) is 11.3 Å². The third-order valence-corrected chi connectivity index (χ3v) is 4.42. The third-order valence-electron chi connectivity index (χ3n) is 4.18. The number of carbonyl (C=O) groups excluding carboxylic acids is 1. The fraction of sp³-hybridized carbons (Fsp3) is 0.158. The van der Waals surface area contributed by atoms with Crippen molar-refractivity contribution < 1.29 is 33.4 Å². The second kappa shape index (κ2) is 9.27. The molecule has 162 valence electrons. The van der Waals surface area contributed by atoms with E-state index < -0.39 is 62.6 Å². The van der Waals surface area contributed by atoms with Gasteiger partial charge in [0.05, 0.1) is 12.0 Å². The van der Waals surface area contributed by atoms with Crippen LogP contribution in [0.15, 0.2) is 35.9 Å². The molecule has 2 rings (SSSR count). The van der Waals surface area contributed by atoms with Gasteiger partial charge in [-0.3, -0.25) is 14.9 Å². The van der Waals surface area contributed by atoms with Crippen LogP contribution in [0.4, 0.5) is 14.5 Å². The lowest BCUT2D eigenvalue weighted by molar-refractivity contribution is -0.386. The van der Waals surface area contributed by atoms with Crippen molar-refractivity contribution in [2.45, 2.75) is 6.30 Å². The summed E-state index contributed by atoms with van der Waals surface area (Å²) >= 11 is 5.72. The number of phenols is 1. The number of alkyl halides is 1. The van der Waals surface area contributed by atoms with Crippen molar-refractivity contribution in [3.63, 3.8) is 0 Å². The highest BCUT2D eigenvalue weighted by Gasteiger charge is 2.30. The van der Waals surface area contributed by atoms with Gasteiger partial charge in [-0.25, -0.2) is 8.78 Å². The van der Waals surface area contributed by atoms with Crippen molar-refractivity contribution in [2.24, 2.45) is 0 Å². The van der Waals surface area contributed by atoms with Gasteiger partial charge in [0.25, 0.3) is 5.91 Å². The van der Waals surface area contributed by atoms with Crippen LogP contribution in [0.1, 0.15) is 17.4 Å². The molecule has 0 aliphatic carbocycles. The number of nitro groups is 1. The molecule has 0 saturated heterocycles. The third kappa shape index (κ3) is 4.65. The molecular formula is C19H14ClF2N3O6. The minimum atomic E-state index is -2.37. The molecule has 0 saturated carbocycles. The summed E-state index contributed by atoms with van der Waals surface area (Å²) in [7, 11) is 2.00. The van der Waals surface area contributed by atoms with E-state index in [2.05, 4.69) is 0 Å². The maximum atomic E-state index is 14.8. The van der Waals surface area contributed by atoms with Crippen molar-refractivity contribution in [1.29, 1.82) is 5.26 Å². The number of likely N-dealkylation sites (N-methyl/N-ethyl adjacent to an activating group) is 1. The minimum Gasteiger partial charge on any atom is -0.506 e. The number of carbonyl (C=O) groups is 1. The molecule has 0 spiro atoms. The van der Waals surface area contributed by atoms with Gasteiger partial charge in [0.2, 0.25) is 12.0 Å². The summed E-state index contributed by atoms with van der Waals surface area (Å²) in [6.45, 7) is 0. The smallest absolute Gasteiger partial charge is 0.315 e. The summed E-state index contributed by atoms with van der Waals surface area (Å²) in [5, 5.41) is 40.7. The van der Waals surface area contributed by atoms with E-state index in [1.807, 2.05) is 0 Å². The Balaban J connectivity index is 2.54. The summed E-state index contributed by atoms with van der Waals surface area (Å²) in [6.07, 6.45) is -2.37. The Morgan fingerprint density at radius 1 is 1.39 bits per heavy atom. The highest BCUT2D eigenvalue weighted by atomic mass is 35.5. The predicted molar refractivity (Wildman–Crippen MR) is 105 cm³/mol. The van der Waals surface area contributed by atoms with Gasteiger partial charge in [-0.05, 0) is 24.3 Å². The van der Waals surface area contributed by atoms with Crippen LogP contribution in [-0.2, 0) is 4.79 Å². The molecule has 9 nitrogen and oxygen atoms in total. The van der Waals surface area contributed by atoms with Crippen LogP contribution in [0.2, 0.25) is 5.02 Å². The molecule has 0 heterocycles. The van der Waals surface area contributed by atoms with Crippen LogP contribution in [0, 0.1) is 27.3 Å². The number of benzene rings is 2. The molecule has 1 unspecified atom stereocenters. The normalized spacial score (nSPS) is 12.4. The van der Waals surface area contributed by atoms with Crippen molar-refractivity contribution in [2.75, 3.05) is 14.2 Å². The number of amides is 1. The zero-order chi connectivity index (χ0) is 23.5. The number of hydrogen-bond acceptors (Lipinski definition) is 7. The Kier molecular flexibility index (Phi) is 6.99. The molecule has 2 aromatic rings. The number of phenolic OH excluding ortho intramolecular Hbond substituents is 1. The number of rotatable bonds is 6. The van der Waals surface area contributed by atoms with E-state index in [0.29, 0.717) is 11.0 Å². The number of ether oxygens (including phenoxy) is 1. The van der Waals surface area contributed by atoms with Crippen LogP contribution in [-0.4, -0.2) is 40.1 Å². The quantitative estimate of drug-likeness (QED) is 0.168. The Labute approximate surface area is 179 Å². The number of halogens is 3. The molecular weight excluding hydrogens is 440 g/mol. The van der Waals surface area contributed by atoms with Crippen molar-refractivity contribution in [3.05, 3.63) is 68.0 Å². The number of methoxy groups -OCH3 is 1. The zero-order valence-electron chi connectivity index (χ0n) is 16.0. The summed E-state index contributed by atoms with van der Waals surface area (Å²) in [6, 6.07) is 6.04. The number of nitrogens with zero attached hydrogens (tertiary/aromatic N) is 3. The molecule has 1 amide bonds. The molecule has 0 aliphatic rings. The number of aromatic hydroxyl groups is 1. The number of aliphatic hydroxyl groups is 1. The standard InChI is InChI=1S/C19H14ClF2N3O6/c1-24(18(22)11-7-10(20)3-4-13(11)21)19(28)12(8-23)16(26)9-5-14(25(29)30)17(27)15(6-9)31-2/h3-7,18,26-27H,1-2H3/b16-12-. The van der Waals surface area contributed by atoms with Gasteiger partial charge in [-0.15, -0.1) is 0 Å². The molecule has 2 N–H and O–H groups in total. The van der Waals surface area contributed by atoms with Crippen molar-refractivity contribution >= 4 is 29.0 Å². The van der Waals surface area contributed by atoms with Gasteiger partial charge >= 0.3 is 5.69 Å². The lowest BCUT2D eigenvalue weighted by Crippen LogP contribution is -2.31. The first-order valence-corrected chi connectivity index (χ1v) is 8.66. The first kappa shape index (κ1) is 23.4. The van der Waals surface area contributed by atoms with Gasteiger partial charge in [0, 0.05) is 29.3 Å². The fourth-order valence-corrected chi connectivity index (χ4v) is 2.74. The van der Waals surface area contributed by atoms with E-state index >= 15 is 0 Å². The summed E-state index contributed by atoms with van der Waals surface area (Å²) in [5.74, 6) is -4.65. The fourth-order valence-electron chi connectivity index (χ4n) is 2.56. The van der Waals surface area contributed by atoms with Crippen LogP contribution in [0.25, 0.3) is 5.76 Å². The van der Waals surface area contributed by atoms with E-state index in [0.717, 1.165) is 32.4 Å². The SMILES string of the molecule is COc1cc(/C(O)=C(\C#N)C(=O)N(C)C(F)c2cc(Cl)ccc2F)cc([N+](=O)[O-])c1O. The van der Waals surface area contributed by atoms with Gasteiger partial charge in [-0.2, -0.15) is 5.26 Å². The number of nitro benzene ring substituents is 1. The van der Waals surface area contributed by atoms with Gasteiger partial charge in [0.1, 0.15) is 17.6 Å². The van der Waals surface area contributed by atoms with Crippen LogP contribution < -0.4 is 4.74 Å². The molecule has 12 heteroatoms. The number of hydrogen-bond donors (Lipinski definition) is 2. The molecule has 0 fully saturated rings. The van der Waals surface area contributed by atoms with E-state index in [9.17, 15) is 39.2 Å². The average molecular weight is 454 g/mol. The van der Waals surface area contributed by atoms with Gasteiger partial charge < -0.3 is 19.8 Å². The first-order valence-electron chi connectivity index (χ1n) is 8.28. The molecule has 0 bridgehead atoms. The largest absolute Gasteiger partial charge is 0.506 e. The number of nitriles is 1. The Bertz CT molecular complexity index is 1130. The lowest BCUT2D eigenvalue weighted by atomic mass is 10.1. The highest BCUT2D eigenvalue weighted by Crippen LogP contribution is 2.39. The second-order valence-corrected chi connectivity index (χ2v) is 6.49. The number of aliphatic hydroxyl groups excluding tert-OH is 1. The van der Waals surface area contributed by atoms with E-state index in [1.54, 1.807) is 0 Å². The second-order valence-electron chi connectivity index (χ2n) is 6.06. The van der Waals surface area contributed by atoms with Crippen molar-refractivity contribution in [1.82, 2.24) is 4.90 Å². The monoisotopic (exact) mass is 453 g/mol. The lowest BCUT2D eigenvalue weighted by Gasteiger charge is -2.22. The van der Waals surface area contributed by atoms with E-state index in [-0.39, 0.29) is 5.02 Å². The van der Waals surface area contributed by atoms with Gasteiger partial charge in [-0.1, -0.05) is 11.6 Å². The molecule has 1 atom stereocenters. The predicted octanol–water partition coefficient (Wildman–Crippen LogP) is 4.02. The summed E-state index contributed by atoms with van der Waals surface area (Å²) in [5.41, 5.74) is -2.87. The maximum Gasteiger partial charge on any atom is 0.315 e. The average Bonchev–Trinajstić information content (AvgIpc) is 2.74. The summed E-state index contributed by atoms with van der Waals surface area (Å²) in [4.78, 5) is 23.1. The molecule has 0 aromatic heterocycles.